The minimum atomic E-state index is -7.59. The van der Waals surface area contributed by atoms with Crippen LogP contribution in [0.3, 0.4) is 0 Å². The van der Waals surface area contributed by atoms with Gasteiger partial charge in [-0.25, -0.2) is 33.7 Å². The Labute approximate surface area is 304 Å². The van der Waals surface area contributed by atoms with Gasteiger partial charge in [0, 0.05) is 9.79 Å². The van der Waals surface area contributed by atoms with Crippen molar-refractivity contribution in [3.63, 3.8) is 0 Å². The third kappa shape index (κ3) is 7.61. The van der Waals surface area contributed by atoms with Gasteiger partial charge in [-0.2, -0.15) is 52.7 Å². The summed E-state index contributed by atoms with van der Waals surface area (Å²) in [6.07, 6.45) is 0. The normalized spacial score (nSPS) is 14.5. The molecule has 0 aliphatic rings. The first kappa shape index (κ1) is 48.4. The van der Waals surface area contributed by atoms with Crippen LogP contribution in [0.25, 0.3) is 0 Å². The molecule has 0 radical (unpaired) electrons. The Kier molecular flexibility index (Phi) is 14.2. The molecule has 0 amide bonds. The molecule has 0 saturated heterocycles. The number of hydrogen-bond acceptors (Lipinski definition) is 11. The van der Waals surface area contributed by atoms with Gasteiger partial charge in [-0.15, -0.1) is 0 Å². The Balaban J connectivity index is 0.0000115. The molecule has 0 heterocycles. The van der Waals surface area contributed by atoms with Crippen LogP contribution in [0.4, 0.5) is 52.7 Å². The van der Waals surface area contributed by atoms with Crippen molar-refractivity contribution in [2.75, 3.05) is 0 Å². The van der Waals surface area contributed by atoms with Gasteiger partial charge in [-0.3, -0.25) is 0 Å². The number of sulfone groups is 2. The molecule has 0 aliphatic heterocycles. The van der Waals surface area contributed by atoms with Crippen LogP contribution in [-0.4, -0.2) is 75.6 Å². The van der Waals surface area contributed by atoms with Crippen molar-refractivity contribution in [3.8, 4) is 0 Å². The fourth-order valence-electron chi connectivity index (χ4n) is 2.93. The molecule has 0 spiro atoms. The minimum Gasteiger partial charge on any atom is -0.743 e. The molecule has 2 rings (SSSR count). The second-order valence-electron chi connectivity index (χ2n) is 8.42. The van der Waals surface area contributed by atoms with E-state index >= 15 is 0 Å². The smallest absolute Gasteiger partial charge is 0.743 e. The molecule has 10 nitrogen and oxygen atoms in total. The Morgan fingerprint density at radius 1 is 0.490 bits per heavy atom. The summed E-state index contributed by atoms with van der Waals surface area (Å²) in [5.41, 5.74) is 0. The maximum atomic E-state index is 14.2. The van der Waals surface area contributed by atoms with E-state index in [0.29, 0.717) is 24.3 Å². The Bertz CT molecular complexity index is 1910. The molecule has 0 atom stereocenters. The van der Waals surface area contributed by atoms with Gasteiger partial charge >= 0.3 is 70.6 Å². The van der Waals surface area contributed by atoms with E-state index in [9.17, 15) is 95.5 Å². The first-order valence-electron chi connectivity index (χ1n) is 10.4. The molecule has 2 aromatic carbocycles. The first-order valence-corrected chi connectivity index (χ1v) is 17.8. The summed E-state index contributed by atoms with van der Waals surface area (Å²) >= 11 is 11.2. The summed E-state index contributed by atoms with van der Waals surface area (Å²) in [5.74, 6) is -14.8. The van der Waals surface area contributed by atoms with E-state index in [-0.39, 0.29) is 61.6 Å². The Hall–Kier alpha value is -0.555. The number of rotatable bonds is 12. The summed E-state index contributed by atoms with van der Waals surface area (Å²) in [4.78, 5) is -5.07. The van der Waals surface area contributed by atoms with Gasteiger partial charge < -0.3 is 9.11 Å². The van der Waals surface area contributed by atoms with E-state index in [1.54, 1.807) is 0 Å². The number of benzene rings is 2. The standard InChI is InChI=1S/C18H8Cl2F12O10S5.2Li/c19-9-5-7(1-3-11(9)44(33,34)15(25,26)13(21,22)17(29,30)46(37,38)39)43-8-2-4-12(10(20)6-8)45(35,36)16(27,28)14(23,24)18(31,32)47(40,41)42;;/h1-6H,(H,37,38,39)(H,40,41,42);;/q;2*+1/p-2. The molecule has 0 unspecified atom stereocenters. The van der Waals surface area contributed by atoms with E-state index in [2.05, 4.69) is 0 Å². The van der Waals surface area contributed by atoms with E-state index < -0.39 is 102 Å². The van der Waals surface area contributed by atoms with Crippen LogP contribution < -0.4 is 37.7 Å². The zero-order chi connectivity index (χ0) is 37.4. The van der Waals surface area contributed by atoms with E-state index in [4.69, 9.17) is 23.2 Å². The largest absolute Gasteiger partial charge is 1.00 e. The average Bonchev–Trinajstić information content (AvgIpc) is 2.86. The van der Waals surface area contributed by atoms with Crippen LogP contribution in [0.5, 0.6) is 0 Å². The first-order chi connectivity index (χ1) is 20.5. The predicted molar refractivity (Wildman–Crippen MR) is 130 cm³/mol. The van der Waals surface area contributed by atoms with Gasteiger partial charge in [0.2, 0.25) is 0 Å². The third-order valence-electron chi connectivity index (χ3n) is 5.39. The fourth-order valence-corrected chi connectivity index (χ4v) is 8.55. The SMILES string of the molecule is O=S(=O)([O-])C(F)(F)C(F)(F)C(F)(F)S(=O)(=O)c1ccc(Sc2ccc(S(=O)(=O)C(F)(F)C(F)(F)C(F)(F)S(=O)(=O)[O-])c(Cl)c2)cc1Cl.[Li+].[Li+]. The molecule has 0 N–H and O–H groups in total. The van der Waals surface area contributed by atoms with Gasteiger partial charge in [0.15, 0.2) is 20.2 Å². The molecule has 0 fully saturated rings. The molecular weight excluding hydrogens is 849 g/mol. The van der Waals surface area contributed by atoms with Crippen molar-refractivity contribution in [2.24, 2.45) is 0 Å². The molecular formula is C18H6Cl2F12Li2O10S5. The Morgan fingerprint density at radius 3 is 0.939 bits per heavy atom. The van der Waals surface area contributed by atoms with Crippen LogP contribution in [0.2, 0.25) is 10.0 Å². The maximum absolute atomic E-state index is 14.2. The molecule has 0 aliphatic carbocycles. The van der Waals surface area contributed by atoms with Gasteiger partial charge in [0.25, 0.3) is 19.7 Å². The Morgan fingerprint density at radius 2 is 0.735 bits per heavy atom. The minimum absolute atomic E-state index is 0. The number of halogens is 14. The maximum Gasteiger partial charge on any atom is 1.00 e. The third-order valence-corrected chi connectivity index (χ3v) is 12.7. The second-order valence-corrected chi connectivity index (χ2v) is 17.1. The van der Waals surface area contributed by atoms with Crippen LogP contribution in [0, 0.1) is 0 Å². The molecule has 0 bridgehead atoms. The number of alkyl halides is 12. The monoisotopic (exact) mass is 854 g/mol. The van der Waals surface area contributed by atoms with Crippen LogP contribution >= 0.6 is 35.0 Å². The van der Waals surface area contributed by atoms with Crippen molar-refractivity contribution < 1.29 is 133 Å². The zero-order valence-corrected chi connectivity index (χ0v) is 28.5. The second kappa shape index (κ2) is 14.4. The van der Waals surface area contributed by atoms with Crippen molar-refractivity contribution in [2.45, 2.75) is 52.4 Å². The van der Waals surface area contributed by atoms with E-state index in [1.165, 1.54) is 0 Å². The van der Waals surface area contributed by atoms with Crippen LogP contribution in [-0.2, 0) is 39.9 Å². The van der Waals surface area contributed by atoms with Crippen molar-refractivity contribution >= 4 is 74.9 Å². The molecule has 49 heavy (non-hydrogen) atoms. The average molecular weight is 855 g/mol. The summed E-state index contributed by atoms with van der Waals surface area (Å²) in [5, 5.41) is -31.3. The summed E-state index contributed by atoms with van der Waals surface area (Å²) in [6, 6.07) is 1.35. The van der Waals surface area contributed by atoms with Crippen LogP contribution in [0.15, 0.2) is 56.0 Å². The number of hydrogen-bond donors (Lipinski definition) is 0. The topological polar surface area (TPSA) is 183 Å². The quantitative estimate of drug-likeness (QED) is 0.152. The van der Waals surface area contributed by atoms with Crippen molar-refractivity contribution in [1.29, 1.82) is 0 Å². The molecule has 31 heteroatoms. The van der Waals surface area contributed by atoms with E-state index in [0.717, 1.165) is 0 Å². The van der Waals surface area contributed by atoms with Crippen molar-refractivity contribution in [3.05, 3.63) is 46.4 Å². The summed E-state index contributed by atoms with van der Waals surface area (Å²) < 4.78 is 277. The summed E-state index contributed by atoms with van der Waals surface area (Å²) in [7, 11) is -29.3. The van der Waals surface area contributed by atoms with Gasteiger partial charge in [0.05, 0.1) is 19.8 Å². The zero-order valence-electron chi connectivity index (χ0n) is 22.9. The van der Waals surface area contributed by atoms with E-state index in [1.807, 2.05) is 0 Å². The van der Waals surface area contributed by atoms with Gasteiger partial charge in [0.1, 0.15) is 0 Å². The molecule has 0 aromatic heterocycles. The van der Waals surface area contributed by atoms with Crippen molar-refractivity contribution in [1.82, 2.24) is 0 Å². The van der Waals surface area contributed by atoms with Gasteiger partial charge in [-0.05, 0) is 36.4 Å². The molecule has 0 saturated carbocycles. The predicted octanol–water partition coefficient (Wildman–Crippen LogP) is -0.568. The summed E-state index contributed by atoms with van der Waals surface area (Å²) in [6.45, 7) is 0. The molecule has 2 aromatic rings. The fraction of sp³-hybridized carbons (Fsp3) is 0.333. The van der Waals surface area contributed by atoms with Crippen LogP contribution in [0.1, 0.15) is 0 Å². The molecule has 268 valence electrons. The van der Waals surface area contributed by atoms with Gasteiger partial charge in [-0.1, -0.05) is 35.0 Å².